The predicted octanol–water partition coefficient (Wildman–Crippen LogP) is 2.38. The number of rotatable bonds is 9. The molecule has 1 aromatic heterocycles. The van der Waals surface area contributed by atoms with Crippen molar-refractivity contribution in [2.24, 2.45) is 15.9 Å². The van der Waals surface area contributed by atoms with E-state index in [0.29, 0.717) is 36.5 Å². The minimum absolute atomic E-state index is 0.123. The molecule has 27 heavy (non-hydrogen) atoms. The van der Waals surface area contributed by atoms with Crippen molar-refractivity contribution in [3.8, 4) is 0 Å². The van der Waals surface area contributed by atoms with Gasteiger partial charge in [-0.1, -0.05) is 6.92 Å². The summed E-state index contributed by atoms with van der Waals surface area (Å²) in [6.07, 6.45) is 8.68. The topological polar surface area (TPSA) is 94.9 Å². The van der Waals surface area contributed by atoms with Gasteiger partial charge in [-0.05, 0) is 32.2 Å². The van der Waals surface area contributed by atoms with Crippen LogP contribution in [0.4, 0.5) is 5.95 Å². The van der Waals surface area contributed by atoms with Gasteiger partial charge in [0.1, 0.15) is 11.7 Å². The van der Waals surface area contributed by atoms with Crippen LogP contribution in [0.2, 0.25) is 0 Å². The van der Waals surface area contributed by atoms with Gasteiger partial charge < -0.3 is 15.5 Å². The first-order valence-corrected chi connectivity index (χ1v) is 10.1. The first kappa shape index (κ1) is 20.9. The molecule has 2 heterocycles. The minimum Gasteiger partial charge on any atom is -0.368 e. The summed E-state index contributed by atoms with van der Waals surface area (Å²) in [6, 6.07) is 0. The Morgan fingerprint density at radius 2 is 2.19 bits per heavy atom. The Bertz CT molecular complexity index is 702. The molecule has 0 bridgehead atoms. The van der Waals surface area contributed by atoms with Gasteiger partial charge >= 0.3 is 0 Å². The maximum Gasteiger partial charge on any atom is 0.227 e. The second-order valence-corrected chi connectivity index (χ2v) is 7.19. The van der Waals surface area contributed by atoms with Crippen molar-refractivity contribution < 1.29 is 4.79 Å². The van der Waals surface area contributed by atoms with Crippen molar-refractivity contribution in [2.45, 2.75) is 31.6 Å². The van der Waals surface area contributed by atoms with Crippen molar-refractivity contribution in [1.29, 1.82) is 0 Å². The molecular weight excluding hydrogens is 362 g/mol. The van der Waals surface area contributed by atoms with Crippen LogP contribution in [0.15, 0.2) is 39.3 Å². The maximum atomic E-state index is 11.7. The van der Waals surface area contributed by atoms with Crippen molar-refractivity contribution in [3.05, 3.63) is 24.4 Å². The summed E-state index contributed by atoms with van der Waals surface area (Å²) >= 11 is 1.61. The fourth-order valence-corrected chi connectivity index (χ4v) is 2.80. The molecule has 0 aliphatic carbocycles. The molecule has 1 fully saturated rings. The van der Waals surface area contributed by atoms with Gasteiger partial charge in [-0.25, -0.2) is 20.0 Å². The number of hydrogen-bond acceptors (Lipinski definition) is 8. The van der Waals surface area contributed by atoms with Gasteiger partial charge in [-0.3, -0.25) is 4.79 Å². The van der Waals surface area contributed by atoms with E-state index in [0.717, 1.165) is 24.4 Å². The number of anilines is 1. The van der Waals surface area contributed by atoms with Gasteiger partial charge in [0.25, 0.3) is 0 Å². The van der Waals surface area contributed by atoms with Crippen molar-refractivity contribution in [2.75, 3.05) is 31.2 Å². The lowest BCUT2D eigenvalue weighted by Crippen LogP contribution is -2.29. The van der Waals surface area contributed by atoms with Crippen LogP contribution in [-0.2, 0) is 4.79 Å². The van der Waals surface area contributed by atoms with Crippen molar-refractivity contribution in [3.63, 3.8) is 0 Å². The molecule has 146 valence electrons. The summed E-state index contributed by atoms with van der Waals surface area (Å²) in [7, 11) is 0. The maximum absolute atomic E-state index is 11.7. The second kappa shape index (κ2) is 10.7. The summed E-state index contributed by atoms with van der Waals surface area (Å²) in [5.74, 6) is 2.31. The summed E-state index contributed by atoms with van der Waals surface area (Å²) in [5.41, 5.74) is 0. The van der Waals surface area contributed by atoms with Crippen LogP contribution in [-0.4, -0.2) is 59.2 Å². The van der Waals surface area contributed by atoms with Crippen LogP contribution in [0.25, 0.3) is 0 Å². The number of nitrogens with zero attached hydrogens (tertiary/aromatic N) is 5. The average molecular weight is 390 g/mol. The lowest BCUT2D eigenvalue weighted by atomic mass is 10.2. The number of aliphatic imine (C=N–C) groups is 2. The molecule has 0 aromatic carbocycles. The van der Waals surface area contributed by atoms with Crippen LogP contribution < -0.4 is 10.6 Å². The number of aromatic nitrogens is 2. The molecule has 0 spiro atoms. The quantitative estimate of drug-likeness (QED) is 0.382. The first-order valence-electron chi connectivity index (χ1n) is 8.89. The molecule has 1 aliphatic heterocycles. The van der Waals surface area contributed by atoms with Crippen molar-refractivity contribution in [1.82, 2.24) is 20.2 Å². The molecule has 2 rings (SSSR count). The SMILES string of the molecule is C=N/C(=C\N=C(/C)N1CCCC1=O)NCC(C)CNc1ncc(SC)cn1. The lowest BCUT2D eigenvalue weighted by molar-refractivity contribution is -0.124. The Morgan fingerprint density at radius 3 is 2.78 bits per heavy atom. The number of carbonyl (C=O) groups excluding carboxylic acids is 1. The summed E-state index contributed by atoms with van der Waals surface area (Å²) < 4.78 is 0. The largest absolute Gasteiger partial charge is 0.368 e. The van der Waals surface area contributed by atoms with E-state index in [1.165, 1.54) is 0 Å². The molecule has 0 saturated carbocycles. The molecular formula is C18H27N7OS. The van der Waals surface area contributed by atoms with E-state index in [2.05, 4.69) is 44.2 Å². The molecule has 8 nitrogen and oxygen atoms in total. The molecule has 1 aliphatic rings. The highest BCUT2D eigenvalue weighted by Gasteiger charge is 2.21. The summed E-state index contributed by atoms with van der Waals surface area (Å²) in [4.78, 5) is 31.3. The molecule has 1 unspecified atom stereocenters. The fourth-order valence-electron chi connectivity index (χ4n) is 2.49. The van der Waals surface area contributed by atoms with Gasteiger partial charge in [-0.15, -0.1) is 11.8 Å². The van der Waals surface area contributed by atoms with E-state index in [4.69, 9.17) is 0 Å². The van der Waals surface area contributed by atoms with Gasteiger partial charge in [-0.2, -0.15) is 0 Å². The zero-order chi connectivity index (χ0) is 19.6. The molecule has 1 aromatic rings. The summed E-state index contributed by atoms with van der Waals surface area (Å²) in [5, 5.41) is 6.44. The Kier molecular flexibility index (Phi) is 8.25. The molecule has 1 atom stereocenters. The van der Waals surface area contributed by atoms with Crippen LogP contribution in [0.3, 0.4) is 0 Å². The number of amidine groups is 1. The normalized spacial score (nSPS) is 16.4. The van der Waals surface area contributed by atoms with E-state index >= 15 is 0 Å². The van der Waals surface area contributed by atoms with E-state index in [-0.39, 0.29) is 5.91 Å². The predicted molar refractivity (Wildman–Crippen MR) is 111 cm³/mol. The third-order valence-corrected chi connectivity index (χ3v) is 4.79. The van der Waals surface area contributed by atoms with E-state index in [9.17, 15) is 4.79 Å². The first-order chi connectivity index (χ1) is 13.0. The number of carbonyl (C=O) groups is 1. The number of thioether (sulfide) groups is 1. The number of nitrogens with one attached hydrogen (secondary N) is 2. The Balaban J connectivity index is 1.79. The molecule has 9 heteroatoms. The van der Waals surface area contributed by atoms with Gasteiger partial charge in [0.15, 0.2) is 0 Å². The summed E-state index contributed by atoms with van der Waals surface area (Å²) in [6.45, 7) is 9.65. The monoisotopic (exact) mass is 389 g/mol. The standard InChI is InChI=1S/C18H27N7OS/c1-13(9-22-18-23-10-15(27-4)11-24-18)8-21-16(19-3)12-20-14(2)25-7-5-6-17(25)26/h10-13,21H,3,5-9H2,1-2,4H3,(H,22,23,24)/b16-12+,20-14+. The lowest BCUT2D eigenvalue weighted by Gasteiger charge is -2.15. The van der Waals surface area contributed by atoms with Gasteiger partial charge in [0.05, 0.1) is 6.20 Å². The smallest absolute Gasteiger partial charge is 0.227 e. The van der Waals surface area contributed by atoms with E-state index in [1.807, 2.05) is 13.2 Å². The highest BCUT2D eigenvalue weighted by molar-refractivity contribution is 7.98. The highest BCUT2D eigenvalue weighted by atomic mass is 32.2. The number of likely N-dealkylation sites (tertiary alicyclic amines) is 1. The van der Waals surface area contributed by atoms with Gasteiger partial charge in [0.2, 0.25) is 11.9 Å². The Hall–Kier alpha value is -2.42. The third-order valence-electron chi connectivity index (χ3n) is 4.11. The van der Waals surface area contributed by atoms with Crippen LogP contribution >= 0.6 is 11.8 Å². The molecule has 1 amide bonds. The van der Waals surface area contributed by atoms with Crippen LogP contribution in [0.1, 0.15) is 26.7 Å². The zero-order valence-electron chi connectivity index (χ0n) is 16.1. The Morgan fingerprint density at radius 1 is 1.44 bits per heavy atom. The zero-order valence-corrected chi connectivity index (χ0v) is 16.9. The average Bonchev–Trinajstić information content (AvgIpc) is 3.12. The minimum atomic E-state index is 0.123. The van der Waals surface area contributed by atoms with Crippen LogP contribution in [0.5, 0.6) is 0 Å². The second-order valence-electron chi connectivity index (χ2n) is 6.31. The number of hydrogen-bond donors (Lipinski definition) is 2. The van der Waals surface area contributed by atoms with Crippen LogP contribution in [0, 0.1) is 5.92 Å². The van der Waals surface area contributed by atoms with E-state index in [1.54, 1.807) is 35.3 Å². The van der Waals surface area contributed by atoms with E-state index < -0.39 is 0 Å². The molecule has 0 radical (unpaired) electrons. The fraction of sp³-hybridized carbons (Fsp3) is 0.500. The molecule has 1 saturated heterocycles. The third kappa shape index (κ3) is 6.67. The van der Waals surface area contributed by atoms with Gasteiger partial charge in [0, 0.05) is 43.3 Å². The Labute approximate surface area is 164 Å². The molecule has 2 N–H and O–H groups in total. The van der Waals surface area contributed by atoms with Crippen molar-refractivity contribution >= 4 is 36.2 Å². The highest BCUT2D eigenvalue weighted by Crippen LogP contribution is 2.12. The number of amides is 1.